The minimum atomic E-state index is -3.47. The lowest BCUT2D eigenvalue weighted by atomic mass is 10.3. The molecule has 1 heterocycles. The Kier molecular flexibility index (Phi) is 7.82. The van der Waals surface area contributed by atoms with Gasteiger partial charge in [-0.2, -0.15) is 0 Å². The number of amides is 3. The van der Waals surface area contributed by atoms with Gasteiger partial charge in [0.15, 0.2) is 0 Å². The highest BCUT2D eigenvalue weighted by Crippen LogP contribution is 2.30. The molecule has 0 N–H and O–H groups in total. The fraction of sp³-hybridized carbons (Fsp3) is 0.0500. The molecule has 0 aromatic heterocycles. The Hall–Kier alpha value is -5.31. The molecule has 46 heavy (non-hydrogen) atoms. The molecule has 6 aromatic carbocycles. The summed E-state index contributed by atoms with van der Waals surface area (Å²) in [6.45, 7) is 1.91. The van der Waals surface area contributed by atoms with Crippen LogP contribution in [0, 0.1) is 0 Å². The van der Waals surface area contributed by atoms with E-state index >= 15 is 9.59 Å². The van der Waals surface area contributed by atoms with Gasteiger partial charge in [0, 0.05) is 0 Å². The Morgan fingerprint density at radius 1 is 0.391 bits per heavy atom. The van der Waals surface area contributed by atoms with E-state index in [0.29, 0.717) is 0 Å². The first-order valence-corrected chi connectivity index (χ1v) is 19.5. The predicted molar refractivity (Wildman–Crippen MR) is 192 cm³/mol. The van der Waals surface area contributed by atoms with Crippen LogP contribution in [0.15, 0.2) is 182 Å². The SMILES string of the molecule is CC1C(=O)N([Si](c2ccccc2)(c2ccccc2)c2ccccc2)C(=O)N1[Si](c1ccccc1)(c1ccccc1)c1ccccc1. The molecule has 224 valence electrons. The minimum absolute atomic E-state index is 0.173. The first-order valence-electron chi connectivity index (χ1n) is 15.6. The van der Waals surface area contributed by atoms with Crippen LogP contribution in [0.3, 0.4) is 0 Å². The quantitative estimate of drug-likeness (QED) is 0.145. The van der Waals surface area contributed by atoms with Gasteiger partial charge in [-0.15, -0.1) is 0 Å². The van der Waals surface area contributed by atoms with E-state index in [1.54, 1.807) is 4.57 Å². The molecule has 0 radical (unpaired) electrons. The maximum atomic E-state index is 15.8. The van der Waals surface area contributed by atoms with Crippen molar-refractivity contribution in [1.29, 1.82) is 0 Å². The first-order chi connectivity index (χ1) is 22.6. The van der Waals surface area contributed by atoms with Crippen LogP contribution in [-0.2, 0) is 4.79 Å². The third kappa shape index (κ3) is 4.49. The largest absolute Gasteiger partial charge is 0.328 e. The molecule has 6 heteroatoms. The van der Waals surface area contributed by atoms with E-state index in [9.17, 15) is 0 Å². The smallest absolute Gasteiger partial charge is 0.312 e. The van der Waals surface area contributed by atoms with E-state index in [1.165, 1.54) is 0 Å². The van der Waals surface area contributed by atoms with Gasteiger partial charge >= 0.3 is 6.03 Å². The Labute approximate surface area is 272 Å². The molecule has 3 amide bonds. The standard InChI is InChI=1S/C40H34N2O2Si2/c1-32-39(43)42(46(36-26-14-5-15-27-36,37-28-16-6-17-29-37)38-30-18-7-19-31-38)40(44)41(32)45(33-20-8-2-9-21-33,34-22-10-3-11-23-34)35-24-12-4-13-25-35/h2-32H,1H3. The lowest BCUT2D eigenvalue weighted by molar-refractivity contribution is -0.124. The van der Waals surface area contributed by atoms with Gasteiger partial charge in [0.25, 0.3) is 16.5 Å². The number of imide groups is 1. The maximum Gasteiger partial charge on any atom is 0.312 e. The maximum absolute atomic E-state index is 15.8. The average molecular weight is 631 g/mol. The summed E-state index contributed by atoms with van der Waals surface area (Å²) in [6.07, 6.45) is 0. The molecule has 4 nitrogen and oxygen atoms in total. The minimum Gasteiger partial charge on any atom is -0.328 e. The summed E-state index contributed by atoms with van der Waals surface area (Å²) in [5.41, 5.74) is 0. The zero-order valence-electron chi connectivity index (χ0n) is 25.6. The molecule has 0 aliphatic carbocycles. The number of carbonyl (C=O) groups excluding carboxylic acids is 2. The summed E-state index contributed by atoms with van der Waals surface area (Å²) < 4.78 is 3.67. The van der Waals surface area contributed by atoms with Crippen LogP contribution in [0.4, 0.5) is 4.79 Å². The van der Waals surface area contributed by atoms with Crippen molar-refractivity contribution in [1.82, 2.24) is 9.13 Å². The number of urea groups is 1. The van der Waals surface area contributed by atoms with Crippen LogP contribution in [0.25, 0.3) is 0 Å². The summed E-state index contributed by atoms with van der Waals surface area (Å²) in [5.74, 6) is -0.173. The molecular formula is C40H34N2O2Si2. The van der Waals surface area contributed by atoms with Crippen molar-refractivity contribution in [2.75, 3.05) is 0 Å². The average Bonchev–Trinajstić information content (AvgIpc) is 3.36. The molecule has 1 aliphatic rings. The lowest BCUT2D eigenvalue weighted by Crippen LogP contribution is -2.81. The predicted octanol–water partition coefficient (Wildman–Crippen LogP) is 3.97. The number of carbonyl (C=O) groups is 2. The molecular weight excluding hydrogens is 597 g/mol. The Balaban J connectivity index is 1.57. The van der Waals surface area contributed by atoms with Gasteiger partial charge in [0.2, 0.25) is 5.91 Å². The Morgan fingerprint density at radius 3 is 0.891 bits per heavy atom. The van der Waals surface area contributed by atoms with Crippen LogP contribution in [-0.4, -0.2) is 43.6 Å². The topological polar surface area (TPSA) is 40.6 Å². The third-order valence-electron chi connectivity index (χ3n) is 9.21. The van der Waals surface area contributed by atoms with Gasteiger partial charge in [0.1, 0.15) is 6.04 Å². The molecule has 0 spiro atoms. The summed E-state index contributed by atoms with van der Waals surface area (Å²) in [5, 5.41) is 6.09. The fourth-order valence-electron chi connectivity index (χ4n) is 7.29. The first kappa shape index (κ1) is 29.4. The zero-order chi connectivity index (χ0) is 31.6. The molecule has 7 rings (SSSR count). The number of rotatable bonds is 8. The third-order valence-corrected chi connectivity index (χ3v) is 18.6. The van der Waals surface area contributed by atoms with Gasteiger partial charge in [-0.1, -0.05) is 182 Å². The number of hydrogen-bond donors (Lipinski definition) is 0. The van der Waals surface area contributed by atoms with Crippen LogP contribution >= 0.6 is 0 Å². The molecule has 0 saturated carbocycles. The van der Waals surface area contributed by atoms with Gasteiger partial charge in [0.05, 0.1) is 0 Å². The van der Waals surface area contributed by atoms with E-state index in [4.69, 9.17) is 0 Å². The van der Waals surface area contributed by atoms with E-state index in [-0.39, 0.29) is 11.9 Å². The fourth-order valence-corrected chi connectivity index (χ4v) is 17.0. The lowest BCUT2D eigenvalue weighted by Gasteiger charge is -2.44. The van der Waals surface area contributed by atoms with Crippen molar-refractivity contribution in [2.24, 2.45) is 0 Å². The molecule has 1 unspecified atom stereocenters. The van der Waals surface area contributed by atoms with Crippen molar-refractivity contribution in [3.8, 4) is 0 Å². The second kappa shape index (κ2) is 12.2. The van der Waals surface area contributed by atoms with Crippen LogP contribution in [0.5, 0.6) is 0 Å². The second-order valence-corrected chi connectivity index (χ2v) is 18.9. The summed E-state index contributed by atoms with van der Waals surface area (Å²) in [7, 11) is -6.81. The van der Waals surface area contributed by atoms with E-state index < -0.39 is 22.5 Å². The molecule has 1 fully saturated rings. The summed E-state index contributed by atoms with van der Waals surface area (Å²) in [4.78, 5) is 30.9. The number of benzene rings is 6. The van der Waals surface area contributed by atoms with Gasteiger partial charge in [-0.25, -0.2) is 4.79 Å². The van der Waals surface area contributed by atoms with Crippen molar-refractivity contribution in [3.63, 3.8) is 0 Å². The highest BCUT2D eigenvalue weighted by molar-refractivity contribution is 7.14. The Bertz CT molecular complexity index is 1750. The summed E-state index contributed by atoms with van der Waals surface area (Å²) >= 11 is 0. The molecule has 1 atom stereocenters. The highest BCUT2D eigenvalue weighted by Gasteiger charge is 2.63. The molecule has 0 bridgehead atoms. The summed E-state index contributed by atoms with van der Waals surface area (Å²) in [6, 6.07) is 60.4. The monoisotopic (exact) mass is 630 g/mol. The van der Waals surface area contributed by atoms with Crippen molar-refractivity contribution in [3.05, 3.63) is 182 Å². The molecule has 1 saturated heterocycles. The second-order valence-electron chi connectivity index (χ2n) is 11.6. The van der Waals surface area contributed by atoms with Crippen LogP contribution in [0.1, 0.15) is 6.92 Å². The zero-order valence-corrected chi connectivity index (χ0v) is 27.6. The molecule has 6 aromatic rings. The van der Waals surface area contributed by atoms with Gasteiger partial charge in [-0.3, -0.25) is 9.36 Å². The van der Waals surface area contributed by atoms with E-state index in [2.05, 4.69) is 72.8 Å². The van der Waals surface area contributed by atoms with Crippen LogP contribution in [0.2, 0.25) is 0 Å². The van der Waals surface area contributed by atoms with Gasteiger partial charge in [-0.05, 0) is 38.0 Å². The highest BCUT2D eigenvalue weighted by atomic mass is 28.3. The normalized spacial score (nSPS) is 15.3. The Morgan fingerprint density at radius 2 is 0.630 bits per heavy atom. The number of hydrogen-bond acceptors (Lipinski definition) is 2. The number of nitrogens with zero attached hydrogens (tertiary/aromatic N) is 2. The van der Waals surface area contributed by atoms with Crippen molar-refractivity contribution >= 4 is 59.5 Å². The van der Waals surface area contributed by atoms with E-state index in [1.807, 2.05) is 121 Å². The van der Waals surface area contributed by atoms with Crippen LogP contribution < -0.4 is 31.1 Å². The van der Waals surface area contributed by atoms with Gasteiger partial charge < -0.3 is 4.57 Å². The van der Waals surface area contributed by atoms with Crippen molar-refractivity contribution in [2.45, 2.75) is 13.0 Å². The molecule has 1 aliphatic heterocycles. The van der Waals surface area contributed by atoms with Crippen molar-refractivity contribution < 1.29 is 9.59 Å². The van der Waals surface area contributed by atoms with E-state index in [0.717, 1.165) is 31.1 Å².